The van der Waals surface area contributed by atoms with Crippen LogP contribution >= 0.6 is 0 Å². The largest absolute Gasteiger partial charge is 0.402 e. The second kappa shape index (κ2) is 7.77. The van der Waals surface area contributed by atoms with Crippen molar-refractivity contribution in [3.8, 4) is 0 Å². The number of benzene rings is 2. The van der Waals surface area contributed by atoms with E-state index in [0.29, 0.717) is 36.8 Å². The number of sulfonamides is 1. The van der Waals surface area contributed by atoms with Crippen molar-refractivity contribution in [3.05, 3.63) is 48.0 Å². The molecule has 1 fully saturated rings. The van der Waals surface area contributed by atoms with Crippen LogP contribution in [0.15, 0.2) is 42.5 Å². The molecule has 0 N–H and O–H groups in total. The first-order chi connectivity index (χ1) is 12.6. The first-order valence-corrected chi connectivity index (χ1v) is 10.7. The monoisotopic (exact) mass is 400 g/mol. The van der Waals surface area contributed by atoms with Gasteiger partial charge in [-0.2, -0.15) is 17.5 Å². The summed E-state index contributed by atoms with van der Waals surface area (Å²) in [4.78, 5) is 2.17. The van der Waals surface area contributed by atoms with E-state index in [1.165, 1.54) is 5.56 Å². The molecule has 0 saturated carbocycles. The van der Waals surface area contributed by atoms with E-state index in [-0.39, 0.29) is 0 Å². The summed E-state index contributed by atoms with van der Waals surface area (Å²) < 4.78 is 62.7. The van der Waals surface area contributed by atoms with Crippen LogP contribution in [0.1, 0.15) is 18.4 Å². The third-order valence-corrected chi connectivity index (χ3v) is 6.28. The first-order valence-electron chi connectivity index (χ1n) is 8.86. The minimum Gasteiger partial charge on any atom is -0.299 e. The minimum absolute atomic E-state index is 0.397. The van der Waals surface area contributed by atoms with E-state index >= 15 is 0 Å². The number of nitrogens with zero attached hydrogens (tertiary/aromatic N) is 2. The molecule has 0 atom stereocenters. The van der Waals surface area contributed by atoms with Crippen molar-refractivity contribution >= 4 is 20.8 Å². The van der Waals surface area contributed by atoms with Crippen LogP contribution in [0.25, 0.3) is 10.8 Å². The lowest BCUT2D eigenvalue weighted by atomic mass is 10.0. The molecule has 148 valence electrons. The zero-order valence-corrected chi connectivity index (χ0v) is 15.9. The third-order valence-electron chi connectivity index (χ3n) is 5.00. The standard InChI is InChI=1S/C19H23F3N2O2S/c1-27(25,26)24(14-19(20,21)22)17-9-11-23(12-10-17)13-16-7-4-6-15-5-2-3-8-18(15)16/h2-8,17H,9-14H2,1H3. The molecule has 0 unspecified atom stereocenters. The van der Waals surface area contributed by atoms with Gasteiger partial charge in [0.1, 0.15) is 6.54 Å². The Hall–Kier alpha value is -1.64. The smallest absolute Gasteiger partial charge is 0.299 e. The van der Waals surface area contributed by atoms with E-state index in [4.69, 9.17) is 0 Å². The Morgan fingerprint density at radius 1 is 1.07 bits per heavy atom. The molecular formula is C19H23F3N2O2S. The molecule has 2 aromatic rings. The normalized spacial score (nSPS) is 17.7. The van der Waals surface area contributed by atoms with Crippen molar-refractivity contribution in [1.82, 2.24) is 9.21 Å². The maximum Gasteiger partial charge on any atom is 0.402 e. The molecule has 3 rings (SSSR count). The van der Waals surface area contributed by atoms with E-state index in [0.717, 1.165) is 17.0 Å². The molecule has 1 aliphatic rings. The van der Waals surface area contributed by atoms with Gasteiger partial charge in [0.15, 0.2) is 0 Å². The zero-order chi connectivity index (χ0) is 19.7. The Morgan fingerprint density at radius 3 is 2.33 bits per heavy atom. The minimum atomic E-state index is -4.54. The van der Waals surface area contributed by atoms with Gasteiger partial charge in [-0.05, 0) is 29.2 Å². The molecule has 0 amide bonds. The topological polar surface area (TPSA) is 40.6 Å². The van der Waals surface area contributed by atoms with Crippen LogP contribution in [0.4, 0.5) is 13.2 Å². The van der Waals surface area contributed by atoms with E-state index in [2.05, 4.69) is 17.0 Å². The highest BCUT2D eigenvalue weighted by Crippen LogP contribution is 2.27. The van der Waals surface area contributed by atoms with Crippen molar-refractivity contribution in [2.45, 2.75) is 31.6 Å². The summed E-state index contributed by atoms with van der Waals surface area (Å²) in [6.07, 6.45) is -2.90. The SMILES string of the molecule is CS(=O)(=O)N(CC(F)(F)F)C1CCN(Cc2cccc3ccccc23)CC1. The van der Waals surface area contributed by atoms with Crippen molar-refractivity contribution in [1.29, 1.82) is 0 Å². The van der Waals surface area contributed by atoms with Gasteiger partial charge in [0.05, 0.1) is 6.26 Å². The molecule has 0 aliphatic carbocycles. The maximum atomic E-state index is 12.8. The van der Waals surface area contributed by atoms with Gasteiger partial charge in [-0.3, -0.25) is 4.90 Å². The van der Waals surface area contributed by atoms with Gasteiger partial charge in [0.25, 0.3) is 0 Å². The van der Waals surface area contributed by atoms with Crippen LogP contribution in [0.2, 0.25) is 0 Å². The fraction of sp³-hybridized carbons (Fsp3) is 0.474. The van der Waals surface area contributed by atoms with E-state index in [1.54, 1.807) is 0 Å². The maximum absolute atomic E-state index is 12.8. The first kappa shape index (κ1) is 20.1. The lowest BCUT2D eigenvalue weighted by Gasteiger charge is -2.37. The van der Waals surface area contributed by atoms with E-state index in [9.17, 15) is 21.6 Å². The van der Waals surface area contributed by atoms with Crippen LogP contribution < -0.4 is 0 Å². The fourth-order valence-corrected chi connectivity index (χ4v) is 4.86. The Labute approximate surface area is 157 Å². The molecule has 4 nitrogen and oxygen atoms in total. The number of likely N-dealkylation sites (tertiary alicyclic amines) is 1. The predicted molar refractivity (Wildman–Crippen MR) is 99.9 cm³/mol. The van der Waals surface area contributed by atoms with Crippen molar-refractivity contribution in [2.75, 3.05) is 25.9 Å². The molecule has 1 heterocycles. The zero-order valence-electron chi connectivity index (χ0n) is 15.1. The van der Waals surface area contributed by atoms with Gasteiger partial charge in [-0.15, -0.1) is 0 Å². The number of fused-ring (bicyclic) bond motifs is 1. The average Bonchev–Trinajstić information content (AvgIpc) is 2.59. The van der Waals surface area contributed by atoms with Gasteiger partial charge in [0.2, 0.25) is 10.0 Å². The molecule has 0 radical (unpaired) electrons. The molecule has 1 saturated heterocycles. The molecule has 27 heavy (non-hydrogen) atoms. The summed E-state index contributed by atoms with van der Waals surface area (Å²) in [6, 6.07) is 13.6. The van der Waals surface area contributed by atoms with Gasteiger partial charge in [-0.1, -0.05) is 42.5 Å². The second-order valence-electron chi connectivity index (χ2n) is 7.07. The number of hydrogen-bond acceptors (Lipinski definition) is 3. The summed E-state index contributed by atoms with van der Waals surface area (Å²) in [5, 5.41) is 2.32. The quantitative estimate of drug-likeness (QED) is 0.770. The van der Waals surface area contributed by atoms with Crippen LogP contribution in [0.3, 0.4) is 0 Å². The third kappa shape index (κ3) is 5.21. The van der Waals surface area contributed by atoms with Crippen LogP contribution in [-0.2, 0) is 16.6 Å². The molecule has 0 bridgehead atoms. The van der Waals surface area contributed by atoms with Crippen molar-refractivity contribution in [2.24, 2.45) is 0 Å². The highest BCUT2D eigenvalue weighted by molar-refractivity contribution is 7.88. The van der Waals surface area contributed by atoms with Crippen LogP contribution in [0.5, 0.6) is 0 Å². The highest BCUT2D eigenvalue weighted by atomic mass is 32.2. The summed E-state index contributed by atoms with van der Waals surface area (Å²) in [7, 11) is -3.91. The Balaban J connectivity index is 1.67. The number of piperidine rings is 1. The number of halogens is 3. The van der Waals surface area contributed by atoms with Crippen LogP contribution in [-0.4, -0.2) is 55.7 Å². The van der Waals surface area contributed by atoms with E-state index in [1.807, 2.05) is 30.3 Å². The molecule has 0 spiro atoms. The molecule has 1 aliphatic heterocycles. The summed E-state index contributed by atoms with van der Waals surface area (Å²) in [6.45, 7) is 0.418. The van der Waals surface area contributed by atoms with Gasteiger partial charge < -0.3 is 0 Å². The summed E-state index contributed by atoms with van der Waals surface area (Å²) >= 11 is 0. The van der Waals surface area contributed by atoms with Crippen molar-refractivity contribution in [3.63, 3.8) is 0 Å². The predicted octanol–water partition coefficient (Wildman–Crippen LogP) is 3.63. The summed E-state index contributed by atoms with van der Waals surface area (Å²) in [5.41, 5.74) is 1.17. The fourth-order valence-electron chi connectivity index (χ4n) is 3.73. The van der Waals surface area contributed by atoms with Gasteiger partial charge in [0, 0.05) is 25.7 Å². The Morgan fingerprint density at radius 2 is 1.70 bits per heavy atom. The number of hydrogen-bond donors (Lipinski definition) is 0. The molecular weight excluding hydrogens is 377 g/mol. The number of rotatable bonds is 5. The second-order valence-corrected chi connectivity index (χ2v) is 9.00. The highest BCUT2D eigenvalue weighted by Gasteiger charge is 2.39. The lowest BCUT2D eigenvalue weighted by molar-refractivity contribution is -0.140. The lowest BCUT2D eigenvalue weighted by Crippen LogP contribution is -2.49. The number of alkyl halides is 3. The van der Waals surface area contributed by atoms with Gasteiger partial charge >= 0.3 is 6.18 Å². The average molecular weight is 400 g/mol. The van der Waals surface area contributed by atoms with E-state index < -0.39 is 28.8 Å². The Bertz CT molecular complexity index is 886. The summed E-state index contributed by atoms with van der Waals surface area (Å²) in [5.74, 6) is 0. The molecule has 8 heteroatoms. The molecule has 2 aromatic carbocycles. The molecule has 0 aromatic heterocycles. The van der Waals surface area contributed by atoms with Gasteiger partial charge in [-0.25, -0.2) is 8.42 Å². The van der Waals surface area contributed by atoms with Crippen LogP contribution in [0, 0.1) is 0 Å². The van der Waals surface area contributed by atoms with Crippen molar-refractivity contribution < 1.29 is 21.6 Å². The Kier molecular flexibility index (Phi) is 5.79.